The molecule has 0 spiro atoms. The van der Waals surface area contributed by atoms with Crippen LogP contribution in [0.25, 0.3) is 0 Å². The zero-order valence-corrected chi connectivity index (χ0v) is 8.71. The average molecular weight is 244 g/mol. The molecule has 0 heterocycles. The number of phenolic OH excluding ortho intramolecular Hbond substituents is 1. The van der Waals surface area contributed by atoms with Crippen molar-refractivity contribution < 1.29 is 9.90 Å². The van der Waals surface area contributed by atoms with Crippen molar-refractivity contribution in [3.63, 3.8) is 0 Å². The van der Waals surface area contributed by atoms with Gasteiger partial charge in [-0.2, -0.15) is 0 Å². The maximum absolute atomic E-state index is 11.2. The number of alkyl halides is 1. The molecule has 1 unspecified atom stereocenters. The molecule has 0 bridgehead atoms. The first-order chi connectivity index (χ1) is 6.09. The predicted molar refractivity (Wildman–Crippen MR) is 55.1 cm³/mol. The van der Waals surface area contributed by atoms with E-state index in [9.17, 15) is 4.79 Å². The summed E-state index contributed by atoms with van der Waals surface area (Å²) in [4.78, 5) is 10.9. The quantitative estimate of drug-likeness (QED) is 0.783. The molecule has 0 fully saturated rings. The zero-order valence-electron chi connectivity index (χ0n) is 7.12. The number of nitrogens with one attached hydrogen (secondary N) is 1. The lowest BCUT2D eigenvalue weighted by atomic mass is 10.3. The number of carbonyl (C=O) groups excluding carboxylic acids is 1. The van der Waals surface area contributed by atoms with Crippen molar-refractivity contribution in [1.29, 1.82) is 0 Å². The van der Waals surface area contributed by atoms with Crippen LogP contribution in [-0.2, 0) is 4.79 Å². The molecular formula is C9H10BrNO2. The SMILES string of the molecule is CC(Br)C(=O)Nc1cccc(O)c1. The van der Waals surface area contributed by atoms with Crippen molar-refractivity contribution in [2.24, 2.45) is 0 Å². The second-order valence-electron chi connectivity index (χ2n) is 2.66. The predicted octanol–water partition coefficient (Wildman–Crippen LogP) is 2.11. The van der Waals surface area contributed by atoms with Gasteiger partial charge in [0.25, 0.3) is 0 Å². The van der Waals surface area contributed by atoms with E-state index >= 15 is 0 Å². The van der Waals surface area contributed by atoms with Crippen LogP contribution in [-0.4, -0.2) is 15.8 Å². The molecule has 1 atom stereocenters. The number of hydrogen-bond donors (Lipinski definition) is 2. The third-order valence-electron chi connectivity index (χ3n) is 1.47. The molecule has 0 saturated carbocycles. The third kappa shape index (κ3) is 3.06. The van der Waals surface area contributed by atoms with Gasteiger partial charge < -0.3 is 10.4 Å². The molecule has 0 aliphatic heterocycles. The summed E-state index contributed by atoms with van der Waals surface area (Å²) in [7, 11) is 0. The molecular weight excluding hydrogens is 234 g/mol. The van der Waals surface area contributed by atoms with Gasteiger partial charge in [-0.25, -0.2) is 0 Å². The van der Waals surface area contributed by atoms with Crippen LogP contribution in [0.3, 0.4) is 0 Å². The van der Waals surface area contributed by atoms with Crippen molar-refractivity contribution in [3.05, 3.63) is 24.3 Å². The number of aromatic hydroxyl groups is 1. The summed E-state index contributed by atoms with van der Waals surface area (Å²) in [6.45, 7) is 1.73. The normalized spacial score (nSPS) is 12.2. The molecule has 0 radical (unpaired) electrons. The first-order valence-corrected chi connectivity index (χ1v) is 4.75. The lowest BCUT2D eigenvalue weighted by Crippen LogP contribution is -2.19. The topological polar surface area (TPSA) is 49.3 Å². The summed E-state index contributed by atoms with van der Waals surface area (Å²) in [6.07, 6.45) is 0. The summed E-state index contributed by atoms with van der Waals surface area (Å²) >= 11 is 3.14. The fourth-order valence-electron chi connectivity index (χ4n) is 0.825. The number of carbonyl (C=O) groups is 1. The van der Waals surface area contributed by atoms with Crippen LogP contribution in [0.15, 0.2) is 24.3 Å². The Morgan fingerprint density at radius 3 is 2.85 bits per heavy atom. The Morgan fingerprint density at radius 1 is 1.62 bits per heavy atom. The molecule has 13 heavy (non-hydrogen) atoms. The molecule has 2 N–H and O–H groups in total. The molecule has 70 valence electrons. The van der Waals surface area contributed by atoms with Crippen LogP contribution < -0.4 is 5.32 Å². The maximum atomic E-state index is 11.2. The summed E-state index contributed by atoms with van der Waals surface area (Å²) in [5, 5.41) is 11.7. The van der Waals surface area contributed by atoms with Crippen molar-refractivity contribution in [2.75, 3.05) is 5.32 Å². The van der Waals surface area contributed by atoms with E-state index in [2.05, 4.69) is 21.2 Å². The van der Waals surface area contributed by atoms with Gasteiger partial charge >= 0.3 is 0 Å². The van der Waals surface area contributed by atoms with Gasteiger partial charge in [-0.1, -0.05) is 22.0 Å². The number of halogens is 1. The molecule has 1 amide bonds. The van der Waals surface area contributed by atoms with E-state index < -0.39 is 0 Å². The van der Waals surface area contributed by atoms with Crippen LogP contribution in [0.4, 0.5) is 5.69 Å². The number of amides is 1. The maximum Gasteiger partial charge on any atom is 0.237 e. The Bertz CT molecular complexity index is 312. The van der Waals surface area contributed by atoms with E-state index in [1.54, 1.807) is 25.1 Å². The van der Waals surface area contributed by atoms with Crippen LogP contribution in [0, 0.1) is 0 Å². The minimum atomic E-state index is -0.241. The first kappa shape index (κ1) is 10.1. The average Bonchev–Trinajstić information content (AvgIpc) is 2.04. The summed E-state index contributed by atoms with van der Waals surface area (Å²) in [5.41, 5.74) is 0.594. The highest BCUT2D eigenvalue weighted by Crippen LogP contribution is 2.16. The van der Waals surface area contributed by atoms with Gasteiger partial charge in [-0.05, 0) is 19.1 Å². The molecule has 1 rings (SSSR count). The molecule has 0 aromatic heterocycles. The lowest BCUT2D eigenvalue weighted by molar-refractivity contribution is -0.115. The largest absolute Gasteiger partial charge is 0.508 e. The highest BCUT2D eigenvalue weighted by atomic mass is 79.9. The van der Waals surface area contributed by atoms with E-state index in [1.165, 1.54) is 6.07 Å². The summed E-state index contributed by atoms with van der Waals surface area (Å²) in [6, 6.07) is 6.43. The first-order valence-electron chi connectivity index (χ1n) is 3.83. The minimum absolute atomic E-state index is 0.134. The molecule has 0 aliphatic rings. The number of anilines is 1. The Hall–Kier alpha value is -1.03. The van der Waals surface area contributed by atoms with Gasteiger partial charge in [0.2, 0.25) is 5.91 Å². The van der Waals surface area contributed by atoms with E-state index in [1.807, 2.05) is 0 Å². The highest BCUT2D eigenvalue weighted by Gasteiger charge is 2.08. The second-order valence-corrected chi connectivity index (χ2v) is 4.03. The van der Waals surface area contributed by atoms with Crippen molar-refractivity contribution in [3.8, 4) is 5.75 Å². The van der Waals surface area contributed by atoms with Crippen LogP contribution in [0.2, 0.25) is 0 Å². The minimum Gasteiger partial charge on any atom is -0.508 e. The smallest absolute Gasteiger partial charge is 0.237 e. The Kier molecular flexibility index (Phi) is 3.31. The Morgan fingerprint density at radius 2 is 2.31 bits per heavy atom. The zero-order chi connectivity index (χ0) is 9.84. The number of hydrogen-bond acceptors (Lipinski definition) is 2. The van der Waals surface area contributed by atoms with Gasteiger partial charge in [0.1, 0.15) is 5.75 Å². The van der Waals surface area contributed by atoms with Gasteiger partial charge in [0, 0.05) is 11.8 Å². The highest BCUT2D eigenvalue weighted by molar-refractivity contribution is 9.10. The van der Waals surface area contributed by atoms with Crippen LogP contribution in [0.5, 0.6) is 5.75 Å². The Balaban J connectivity index is 2.69. The van der Waals surface area contributed by atoms with E-state index in [-0.39, 0.29) is 16.5 Å². The van der Waals surface area contributed by atoms with Gasteiger partial charge in [0.15, 0.2) is 0 Å². The Labute approximate surface area is 84.9 Å². The molecule has 1 aromatic carbocycles. The van der Waals surface area contributed by atoms with Crippen molar-refractivity contribution >= 4 is 27.5 Å². The van der Waals surface area contributed by atoms with E-state index in [0.717, 1.165) is 0 Å². The third-order valence-corrected chi connectivity index (χ3v) is 1.89. The number of benzene rings is 1. The van der Waals surface area contributed by atoms with Crippen molar-refractivity contribution in [1.82, 2.24) is 0 Å². The fourth-order valence-corrected chi connectivity index (χ4v) is 0.940. The van der Waals surface area contributed by atoms with E-state index in [4.69, 9.17) is 5.11 Å². The van der Waals surface area contributed by atoms with Crippen LogP contribution in [0.1, 0.15) is 6.92 Å². The van der Waals surface area contributed by atoms with Gasteiger partial charge in [-0.3, -0.25) is 4.79 Å². The standard InChI is InChI=1S/C9H10BrNO2/c1-6(10)9(13)11-7-3-2-4-8(12)5-7/h2-6,12H,1H3,(H,11,13). The monoisotopic (exact) mass is 243 g/mol. The summed E-state index contributed by atoms with van der Waals surface area (Å²) in [5.74, 6) is 0.00521. The van der Waals surface area contributed by atoms with Crippen LogP contribution >= 0.6 is 15.9 Å². The number of rotatable bonds is 2. The molecule has 1 aromatic rings. The molecule has 4 heteroatoms. The second kappa shape index (κ2) is 4.28. The van der Waals surface area contributed by atoms with Gasteiger partial charge in [0.05, 0.1) is 4.83 Å². The lowest BCUT2D eigenvalue weighted by Gasteiger charge is -2.06. The van der Waals surface area contributed by atoms with Gasteiger partial charge in [-0.15, -0.1) is 0 Å². The van der Waals surface area contributed by atoms with Crippen molar-refractivity contribution in [2.45, 2.75) is 11.8 Å². The molecule has 0 saturated heterocycles. The summed E-state index contributed by atoms with van der Waals surface area (Å²) < 4.78 is 0. The fraction of sp³-hybridized carbons (Fsp3) is 0.222. The molecule has 0 aliphatic carbocycles. The van der Waals surface area contributed by atoms with E-state index in [0.29, 0.717) is 5.69 Å². The molecule has 3 nitrogen and oxygen atoms in total. The number of phenols is 1.